The van der Waals surface area contributed by atoms with Crippen LogP contribution in [-0.4, -0.2) is 50.9 Å². The zero-order valence-corrected chi connectivity index (χ0v) is 21.3. The molecule has 0 spiro atoms. The molecule has 1 heterocycles. The van der Waals surface area contributed by atoms with Gasteiger partial charge >= 0.3 is 5.97 Å². The zero-order chi connectivity index (χ0) is 23.9. The van der Waals surface area contributed by atoms with E-state index in [1.165, 1.54) is 17.3 Å². The summed E-state index contributed by atoms with van der Waals surface area (Å²) < 4.78 is 18.1. The normalized spacial score (nSPS) is 21.2. The van der Waals surface area contributed by atoms with Crippen LogP contribution in [0.15, 0.2) is 60.7 Å². The van der Waals surface area contributed by atoms with Gasteiger partial charge in [-0.3, -0.25) is 4.79 Å². The van der Waals surface area contributed by atoms with Crippen molar-refractivity contribution < 1.29 is 23.8 Å². The molecule has 1 aliphatic rings. The Morgan fingerprint density at radius 3 is 2.09 bits per heavy atom. The molecule has 0 aliphatic carbocycles. The highest BCUT2D eigenvalue weighted by molar-refractivity contribution is 6.99. The standard InChI is InChI=1S/C27H38O5Si/c1-21(28)30-18-11-12-22-20-25(29)26(32-22)17-19-31-33(27(2,3)4,23-13-7-5-8-14-23)24-15-9-6-10-16-24/h5-10,13-16,22,25-26,29H,11-12,17-20H2,1-4H3/t22-,25-,26-/m0/s1. The fraction of sp³-hybridized carbons (Fsp3) is 0.519. The Kier molecular flexibility index (Phi) is 8.87. The van der Waals surface area contributed by atoms with Crippen LogP contribution in [0, 0.1) is 0 Å². The molecule has 1 fully saturated rings. The highest BCUT2D eigenvalue weighted by Crippen LogP contribution is 2.37. The molecule has 1 aliphatic heterocycles. The maximum absolute atomic E-state index is 10.9. The van der Waals surface area contributed by atoms with E-state index in [1.54, 1.807) is 0 Å². The second kappa shape index (κ2) is 11.4. The third kappa shape index (κ3) is 6.32. The lowest BCUT2D eigenvalue weighted by atomic mass is 10.1. The minimum atomic E-state index is -2.58. The molecule has 0 amide bonds. The molecule has 1 N–H and O–H groups in total. The number of benzene rings is 2. The fourth-order valence-electron chi connectivity index (χ4n) is 4.88. The molecule has 3 atom stereocenters. The van der Waals surface area contributed by atoms with Crippen molar-refractivity contribution in [1.82, 2.24) is 0 Å². The lowest BCUT2D eigenvalue weighted by Crippen LogP contribution is -2.66. The van der Waals surface area contributed by atoms with E-state index in [9.17, 15) is 9.90 Å². The van der Waals surface area contributed by atoms with Gasteiger partial charge in [-0.15, -0.1) is 0 Å². The third-order valence-corrected chi connectivity index (χ3v) is 11.5. The van der Waals surface area contributed by atoms with Crippen molar-refractivity contribution in [3.8, 4) is 0 Å². The van der Waals surface area contributed by atoms with Crippen LogP contribution < -0.4 is 10.4 Å². The number of aliphatic hydroxyl groups excluding tert-OH is 1. The van der Waals surface area contributed by atoms with E-state index in [4.69, 9.17) is 13.9 Å². The van der Waals surface area contributed by atoms with Crippen LogP contribution in [0.25, 0.3) is 0 Å². The maximum Gasteiger partial charge on any atom is 0.302 e. The summed E-state index contributed by atoms with van der Waals surface area (Å²) in [7, 11) is -2.58. The summed E-state index contributed by atoms with van der Waals surface area (Å²) in [6.45, 7) is 9.12. The highest BCUT2D eigenvalue weighted by atomic mass is 28.4. The van der Waals surface area contributed by atoms with Gasteiger partial charge in [-0.2, -0.15) is 0 Å². The molecule has 1 saturated heterocycles. The SMILES string of the molecule is CC(=O)OCCC[C@H]1C[C@H](O)[C@H](CCO[Si](c2ccccc2)(c2ccccc2)C(C)(C)C)O1. The van der Waals surface area contributed by atoms with E-state index in [1.807, 2.05) is 12.1 Å². The van der Waals surface area contributed by atoms with Gasteiger partial charge in [0.05, 0.1) is 24.9 Å². The average Bonchev–Trinajstić information content (AvgIpc) is 3.14. The number of rotatable bonds is 10. The summed E-state index contributed by atoms with van der Waals surface area (Å²) in [5.74, 6) is -0.263. The van der Waals surface area contributed by atoms with Gasteiger partial charge in [0.15, 0.2) is 0 Å². The van der Waals surface area contributed by atoms with Crippen LogP contribution in [0.1, 0.15) is 53.4 Å². The first-order valence-electron chi connectivity index (χ1n) is 12.0. The van der Waals surface area contributed by atoms with Crippen molar-refractivity contribution in [2.45, 2.75) is 76.7 Å². The van der Waals surface area contributed by atoms with Gasteiger partial charge in [-0.05, 0) is 34.7 Å². The van der Waals surface area contributed by atoms with Gasteiger partial charge in [-0.1, -0.05) is 81.4 Å². The minimum absolute atomic E-state index is 0.00609. The maximum atomic E-state index is 10.9. The Morgan fingerprint density at radius 2 is 1.58 bits per heavy atom. The molecule has 0 bridgehead atoms. The van der Waals surface area contributed by atoms with Crippen molar-refractivity contribution in [2.75, 3.05) is 13.2 Å². The summed E-state index contributed by atoms with van der Waals surface area (Å²) in [4.78, 5) is 10.9. The number of esters is 1. The molecule has 0 unspecified atom stereocenters. The quantitative estimate of drug-likeness (QED) is 0.325. The van der Waals surface area contributed by atoms with Crippen LogP contribution in [0.2, 0.25) is 5.04 Å². The van der Waals surface area contributed by atoms with Crippen LogP contribution >= 0.6 is 0 Å². The van der Waals surface area contributed by atoms with Crippen LogP contribution in [0.5, 0.6) is 0 Å². The van der Waals surface area contributed by atoms with E-state index in [0.717, 1.165) is 12.8 Å². The van der Waals surface area contributed by atoms with E-state index >= 15 is 0 Å². The van der Waals surface area contributed by atoms with Gasteiger partial charge in [0.1, 0.15) is 0 Å². The topological polar surface area (TPSA) is 65.0 Å². The molecule has 0 aromatic heterocycles. The number of hydrogen-bond donors (Lipinski definition) is 1. The van der Waals surface area contributed by atoms with Gasteiger partial charge in [0.2, 0.25) is 0 Å². The van der Waals surface area contributed by atoms with Crippen molar-refractivity contribution in [3.63, 3.8) is 0 Å². The van der Waals surface area contributed by atoms with Crippen molar-refractivity contribution in [3.05, 3.63) is 60.7 Å². The first kappa shape index (κ1) is 25.6. The monoisotopic (exact) mass is 470 g/mol. The molecular weight excluding hydrogens is 432 g/mol. The number of ether oxygens (including phenoxy) is 2. The molecule has 3 rings (SSSR count). The van der Waals surface area contributed by atoms with E-state index in [2.05, 4.69) is 69.3 Å². The summed E-state index contributed by atoms with van der Waals surface area (Å²) in [5.41, 5.74) is 0. The Bertz CT molecular complexity index is 826. The minimum Gasteiger partial charge on any atom is -0.466 e. The largest absolute Gasteiger partial charge is 0.466 e. The van der Waals surface area contributed by atoms with Gasteiger partial charge < -0.3 is 19.0 Å². The third-order valence-electron chi connectivity index (χ3n) is 6.41. The number of carbonyl (C=O) groups excluding carboxylic acids is 1. The first-order valence-corrected chi connectivity index (χ1v) is 13.9. The smallest absolute Gasteiger partial charge is 0.302 e. The first-order chi connectivity index (χ1) is 15.7. The molecule has 33 heavy (non-hydrogen) atoms. The number of carbonyl (C=O) groups is 1. The van der Waals surface area contributed by atoms with Crippen molar-refractivity contribution in [2.24, 2.45) is 0 Å². The number of aliphatic hydroxyl groups is 1. The van der Waals surface area contributed by atoms with Gasteiger partial charge in [-0.25, -0.2) is 0 Å². The predicted molar refractivity (Wildman–Crippen MR) is 133 cm³/mol. The summed E-state index contributed by atoms with van der Waals surface area (Å²) in [5, 5.41) is 13.0. The van der Waals surface area contributed by atoms with E-state index in [-0.39, 0.29) is 23.2 Å². The van der Waals surface area contributed by atoms with Crippen molar-refractivity contribution in [1.29, 1.82) is 0 Å². The molecule has 2 aromatic carbocycles. The second-order valence-electron chi connectivity index (χ2n) is 9.88. The highest BCUT2D eigenvalue weighted by Gasteiger charge is 2.50. The fourth-order valence-corrected chi connectivity index (χ4v) is 9.46. The predicted octanol–water partition coefficient (Wildman–Crippen LogP) is 3.81. The lowest BCUT2D eigenvalue weighted by molar-refractivity contribution is -0.141. The molecule has 5 nitrogen and oxygen atoms in total. The molecule has 6 heteroatoms. The second-order valence-corrected chi connectivity index (χ2v) is 14.2. The zero-order valence-electron chi connectivity index (χ0n) is 20.3. The van der Waals surface area contributed by atoms with Gasteiger partial charge in [0.25, 0.3) is 8.32 Å². The van der Waals surface area contributed by atoms with E-state index in [0.29, 0.717) is 26.1 Å². The molecular formula is C27H38O5Si. The van der Waals surface area contributed by atoms with Crippen molar-refractivity contribution >= 4 is 24.7 Å². The Hall–Kier alpha value is -1.99. The van der Waals surface area contributed by atoms with Crippen LogP contribution in [0.3, 0.4) is 0 Å². The summed E-state index contributed by atoms with van der Waals surface area (Å²) in [6, 6.07) is 21.2. The molecule has 180 valence electrons. The Labute approximate surface area is 199 Å². The summed E-state index contributed by atoms with van der Waals surface area (Å²) >= 11 is 0. The Morgan fingerprint density at radius 1 is 1.00 bits per heavy atom. The van der Waals surface area contributed by atoms with Gasteiger partial charge in [0, 0.05) is 20.0 Å². The number of hydrogen-bond acceptors (Lipinski definition) is 5. The van der Waals surface area contributed by atoms with Crippen LogP contribution in [0.4, 0.5) is 0 Å². The Balaban J connectivity index is 1.69. The van der Waals surface area contributed by atoms with Crippen LogP contribution in [-0.2, 0) is 18.7 Å². The lowest BCUT2D eigenvalue weighted by Gasteiger charge is -2.43. The average molecular weight is 471 g/mol. The molecule has 0 saturated carbocycles. The summed E-state index contributed by atoms with van der Waals surface area (Å²) in [6.07, 6.45) is 2.04. The molecule has 0 radical (unpaired) electrons. The molecule has 2 aromatic rings. The van der Waals surface area contributed by atoms with E-state index < -0.39 is 14.4 Å².